The third-order valence-electron chi connectivity index (χ3n) is 10.7. The predicted octanol–water partition coefficient (Wildman–Crippen LogP) is 5.95. The van der Waals surface area contributed by atoms with E-state index in [1.54, 1.807) is 54.4 Å². The highest BCUT2D eigenvalue weighted by atomic mass is 15.2. The molecule has 3 atom stereocenters. The predicted molar refractivity (Wildman–Crippen MR) is 121 cm³/mol. The van der Waals surface area contributed by atoms with Crippen molar-refractivity contribution in [1.82, 2.24) is 4.90 Å². The van der Waals surface area contributed by atoms with Gasteiger partial charge in [-0.1, -0.05) is 48.5 Å². The highest BCUT2D eigenvalue weighted by molar-refractivity contribution is 5.58. The van der Waals surface area contributed by atoms with Crippen LogP contribution in [0.4, 0.5) is 0 Å². The van der Waals surface area contributed by atoms with Crippen molar-refractivity contribution in [2.75, 3.05) is 19.6 Å². The van der Waals surface area contributed by atoms with Gasteiger partial charge in [0.15, 0.2) is 0 Å². The Kier molecular flexibility index (Phi) is 3.29. The van der Waals surface area contributed by atoms with E-state index < -0.39 is 0 Å². The highest BCUT2D eigenvalue weighted by Crippen LogP contribution is 2.64. The Morgan fingerprint density at radius 2 is 1.43 bits per heavy atom. The molecule has 30 heavy (non-hydrogen) atoms. The Bertz CT molecular complexity index is 984. The Morgan fingerprint density at radius 3 is 2.20 bits per heavy atom. The molecule has 1 saturated heterocycles. The van der Waals surface area contributed by atoms with Crippen LogP contribution in [0.3, 0.4) is 0 Å². The van der Waals surface area contributed by atoms with Gasteiger partial charge in [-0.05, 0) is 90.4 Å². The van der Waals surface area contributed by atoms with E-state index in [-0.39, 0.29) is 0 Å². The van der Waals surface area contributed by atoms with Crippen molar-refractivity contribution in [2.45, 2.75) is 55.8 Å². The minimum atomic E-state index is 0.377. The molecular weight excluding hydrogens is 362 g/mol. The summed E-state index contributed by atoms with van der Waals surface area (Å²) < 4.78 is 0. The van der Waals surface area contributed by atoms with Crippen LogP contribution in [0.1, 0.15) is 72.6 Å². The Morgan fingerprint density at radius 1 is 0.767 bits per heavy atom. The molecule has 0 aromatic heterocycles. The number of hydrogen-bond donors (Lipinski definition) is 0. The third kappa shape index (κ3) is 2.08. The first-order valence-corrected chi connectivity index (χ1v) is 12.7. The molecule has 2 aromatic carbocycles. The van der Waals surface area contributed by atoms with Crippen molar-refractivity contribution in [3.05, 3.63) is 70.8 Å². The molecule has 1 heterocycles. The van der Waals surface area contributed by atoms with Gasteiger partial charge in [0.2, 0.25) is 0 Å². The minimum Gasteiger partial charge on any atom is -0.301 e. The number of likely N-dealkylation sites (tertiary alicyclic amines) is 1. The van der Waals surface area contributed by atoms with Crippen molar-refractivity contribution in [3.63, 3.8) is 0 Å². The summed E-state index contributed by atoms with van der Waals surface area (Å²) in [5.41, 5.74) is 7.03. The van der Waals surface area contributed by atoms with Crippen LogP contribution >= 0.6 is 0 Å². The zero-order chi connectivity index (χ0) is 19.4. The molecule has 0 radical (unpaired) electrons. The van der Waals surface area contributed by atoms with E-state index in [4.69, 9.17) is 0 Å². The highest BCUT2D eigenvalue weighted by Gasteiger charge is 2.58. The second-order valence-electron chi connectivity index (χ2n) is 12.0. The maximum absolute atomic E-state index is 2.94. The van der Waals surface area contributed by atoms with Gasteiger partial charge in [-0.3, -0.25) is 0 Å². The molecule has 1 aliphatic heterocycles. The summed E-state index contributed by atoms with van der Waals surface area (Å²) >= 11 is 0. The standard InChI is InChI=1S/C29H33N/c1-2-6-23-22(5-1)25-14-29(27-8-4-3-7-24(25)27)17-30(16-28(23)29)15-26-20-10-18-9-19(12-20)13-21(26)11-18/h1-8,18-21,25-26,28H,9-17H2. The van der Waals surface area contributed by atoms with Gasteiger partial charge in [-0.15, -0.1) is 0 Å². The summed E-state index contributed by atoms with van der Waals surface area (Å²) in [5.74, 6) is 6.63. The lowest BCUT2D eigenvalue weighted by atomic mass is 9.52. The maximum atomic E-state index is 2.94. The van der Waals surface area contributed by atoms with Crippen LogP contribution in [-0.2, 0) is 5.41 Å². The number of nitrogens with zero attached hydrogens (tertiary/aromatic N) is 1. The molecule has 1 nitrogen and oxygen atoms in total. The van der Waals surface area contributed by atoms with Gasteiger partial charge < -0.3 is 4.90 Å². The molecular formula is C29H33N. The molecule has 6 bridgehead atoms. The van der Waals surface area contributed by atoms with Crippen molar-refractivity contribution < 1.29 is 0 Å². The summed E-state index contributed by atoms with van der Waals surface area (Å²) in [6, 6.07) is 19.0. The van der Waals surface area contributed by atoms with Crippen molar-refractivity contribution in [1.29, 1.82) is 0 Å². The summed E-state index contributed by atoms with van der Waals surface area (Å²) in [7, 11) is 0. The second kappa shape index (κ2) is 5.80. The first-order chi connectivity index (χ1) is 14.8. The number of benzene rings is 2. The summed E-state index contributed by atoms with van der Waals surface area (Å²) in [6.45, 7) is 3.99. The first-order valence-electron chi connectivity index (χ1n) is 12.7. The number of hydrogen-bond acceptors (Lipinski definition) is 1. The molecule has 6 aliphatic carbocycles. The fourth-order valence-electron chi connectivity index (χ4n) is 9.92. The van der Waals surface area contributed by atoms with Gasteiger partial charge >= 0.3 is 0 Å². The molecule has 5 fully saturated rings. The van der Waals surface area contributed by atoms with Gasteiger partial charge in [-0.25, -0.2) is 0 Å². The summed E-state index contributed by atoms with van der Waals surface area (Å²) in [5, 5.41) is 0. The van der Waals surface area contributed by atoms with E-state index in [1.807, 2.05) is 0 Å². The normalized spacial score (nSPS) is 44.7. The molecule has 2 aromatic rings. The van der Waals surface area contributed by atoms with Crippen molar-refractivity contribution in [2.24, 2.45) is 29.6 Å². The molecule has 7 aliphatic rings. The lowest BCUT2D eigenvalue weighted by Crippen LogP contribution is -2.49. The van der Waals surface area contributed by atoms with Crippen LogP contribution in [0.2, 0.25) is 0 Å². The molecule has 3 unspecified atom stereocenters. The molecule has 1 spiro atoms. The largest absolute Gasteiger partial charge is 0.301 e. The fourth-order valence-corrected chi connectivity index (χ4v) is 9.92. The van der Waals surface area contributed by atoms with E-state index in [1.165, 1.54) is 26.1 Å². The molecule has 154 valence electrons. The lowest BCUT2D eigenvalue weighted by molar-refractivity contribution is -0.0474. The van der Waals surface area contributed by atoms with E-state index >= 15 is 0 Å². The second-order valence-corrected chi connectivity index (χ2v) is 12.0. The van der Waals surface area contributed by atoms with Crippen LogP contribution in [0.15, 0.2) is 48.5 Å². The SMILES string of the molecule is c1ccc2c(c1)C1CC3(CN(CC4C5CC6CC(C5)CC4C6)CC23)c2ccccc21. The van der Waals surface area contributed by atoms with Crippen LogP contribution in [0.25, 0.3) is 0 Å². The molecule has 0 N–H and O–H groups in total. The van der Waals surface area contributed by atoms with E-state index in [0.717, 1.165) is 29.6 Å². The smallest absolute Gasteiger partial charge is 0.0173 e. The van der Waals surface area contributed by atoms with E-state index in [2.05, 4.69) is 53.4 Å². The zero-order valence-electron chi connectivity index (χ0n) is 18.0. The fraction of sp³-hybridized carbons (Fsp3) is 0.586. The van der Waals surface area contributed by atoms with Gasteiger partial charge in [0.05, 0.1) is 0 Å². The van der Waals surface area contributed by atoms with Gasteiger partial charge in [0, 0.05) is 36.9 Å². The Balaban J connectivity index is 1.17. The molecule has 9 rings (SSSR count). The van der Waals surface area contributed by atoms with Crippen LogP contribution in [0.5, 0.6) is 0 Å². The Labute approximate surface area is 180 Å². The minimum absolute atomic E-state index is 0.377. The quantitative estimate of drug-likeness (QED) is 0.608. The first kappa shape index (κ1) is 17.0. The van der Waals surface area contributed by atoms with E-state index in [0.29, 0.717) is 17.3 Å². The molecule has 0 amide bonds. The topological polar surface area (TPSA) is 3.24 Å². The van der Waals surface area contributed by atoms with Crippen LogP contribution < -0.4 is 0 Å². The molecule has 1 heteroatoms. The van der Waals surface area contributed by atoms with Gasteiger partial charge in [-0.2, -0.15) is 0 Å². The lowest BCUT2D eigenvalue weighted by Gasteiger charge is -2.55. The third-order valence-corrected chi connectivity index (χ3v) is 10.7. The summed E-state index contributed by atoms with van der Waals surface area (Å²) in [4.78, 5) is 2.94. The summed E-state index contributed by atoms with van der Waals surface area (Å²) in [6.07, 6.45) is 9.18. The van der Waals surface area contributed by atoms with Crippen LogP contribution in [0, 0.1) is 29.6 Å². The van der Waals surface area contributed by atoms with Crippen molar-refractivity contribution >= 4 is 0 Å². The van der Waals surface area contributed by atoms with Gasteiger partial charge in [0.1, 0.15) is 0 Å². The molecule has 4 saturated carbocycles. The zero-order valence-corrected chi connectivity index (χ0v) is 18.0. The number of fused-ring (bicyclic) bond motifs is 3. The van der Waals surface area contributed by atoms with Crippen molar-refractivity contribution in [3.8, 4) is 0 Å². The monoisotopic (exact) mass is 395 g/mol. The average molecular weight is 396 g/mol. The van der Waals surface area contributed by atoms with E-state index in [9.17, 15) is 0 Å². The van der Waals surface area contributed by atoms with Crippen LogP contribution in [-0.4, -0.2) is 24.5 Å². The van der Waals surface area contributed by atoms with Gasteiger partial charge in [0.25, 0.3) is 0 Å². The number of rotatable bonds is 2. The maximum Gasteiger partial charge on any atom is 0.0173 e. The average Bonchev–Trinajstić information content (AvgIpc) is 3.28. The Hall–Kier alpha value is -1.60.